The number of piperazine rings is 1. The number of amides is 1. The first kappa shape index (κ1) is 15.5. The summed E-state index contributed by atoms with van der Waals surface area (Å²) in [4.78, 5) is 16.4. The molecule has 2 atom stereocenters. The molecule has 1 aromatic rings. The minimum Gasteiger partial charge on any atom is -0.364 e. The lowest BCUT2D eigenvalue weighted by atomic mass is 10.0. The third-order valence-corrected chi connectivity index (χ3v) is 6.01. The van der Waals surface area contributed by atoms with E-state index < -0.39 is 9.84 Å². The SMILES string of the molecule is CC(C)CN1CCN(C(=O)c2ccon2)[C@H]2CS(=O)(=O)C[C@H]21. The molecule has 0 radical (unpaired) electrons. The molecular formula is C14H21N3O4S. The first-order chi connectivity index (χ1) is 10.4. The summed E-state index contributed by atoms with van der Waals surface area (Å²) in [6, 6.07) is 1.11. The van der Waals surface area contributed by atoms with Crippen molar-refractivity contribution in [1.29, 1.82) is 0 Å². The minimum absolute atomic E-state index is 0.0376. The highest BCUT2D eigenvalue weighted by Gasteiger charge is 2.48. The van der Waals surface area contributed by atoms with Gasteiger partial charge in [0.2, 0.25) is 0 Å². The van der Waals surface area contributed by atoms with E-state index in [1.807, 2.05) is 0 Å². The maximum absolute atomic E-state index is 12.5. The van der Waals surface area contributed by atoms with Gasteiger partial charge in [-0.25, -0.2) is 8.42 Å². The molecular weight excluding hydrogens is 306 g/mol. The number of fused-ring (bicyclic) bond motifs is 1. The maximum Gasteiger partial charge on any atom is 0.276 e. The third-order valence-electron chi connectivity index (χ3n) is 4.31. The zero-order valence-corrected chi connectivity index (χ0v) is 13.6. The van der Waals surface area contributed by atoms with Crippen LogP contribution in [0, 0.1) is 5.92 Å². The van der Waals surface area contributed by atoms with Crippen LogP contribution in [0.4, 0.5) is 0 Å². The van der Waals surface area contributed by atoms with E-state index >= 15 is 0 Å². The standard InChI is InChI=1S/C14H21N3O4S/c1-10(2)7-16-4-5-17(14(18)11-3-6-21-15-11)13-9-22(19,20)8-12(13)16/h3,6,10,12-13H,4-5,7-9H2,1-2H3/t12-,13+/m1/s1. The van der Waals surface area contributed by atoms with Gasteiger partial charge in [-0.3, -0.25) is 9.69 Å². The zero-order valence-electron chi connectivity index (χ0n) is 12.8. The number of carbonyl (C=O) groups excluding carboxylic acids is 1. The van der Waals surface area contributed by atoms with Gasteiger partial charge in [0.1, 0.15) is 6.26 Å². The number of sulfone groups is 1. The van der Waals surface area contributed by atoms with E-state index in [1.165, 1.54) is 12.3 Å². The number of nitrogens with zero attached hydrogens (tertiary/aromatic N) is 3. The summed E-state index contributed by atoms with van der Waals surface area (Å²) in [5, 5.41) is 3.68. The number of aromatic nitrogens is 1. The molecule has 2 fully saturated rings. The van der Waals surface area contributed by atoms with Crippen molar-refractivity contribution in [1.82, 2.24) is 15.0 Å². The lowest BCUT2D eigenvalue weighted by molar-refractivity contribution is 0.0289. The highest BCUT2D eigenvalue weighted by molar-refractivity contribution is 7.91. The van der Waals surface area contributed by atoms with Crippen molar-refractivity contribution >= 4 is 15.7 Å². The van der Waals surface area contributed by atoms with Crippen LogP contribution in [-0.2, 0) is 9.84 Å². The molecule has 0 unspecified atom stereocenters. The van der Waals surface area contributed by atoms with Crippen LogP contribution in [0.15, 0.2) is 16.9 Å². The molecule has 122 valence electrons. The van der Waals surface area contributed by atoms with Crippen molar-refractivity contribution in [2.45, 2.75) is 25.9 Å². The van der Waals surface area contributed by atoms with Crippen LogP contribution >= 0.6 is 0 Å². The van der Waals surface area contributed by atoms with Gasteiger partial charge in [0, 0.05) is 31.7 Å². The molecule has 0 bridgehead atoms. The fourth-order valence-electron chi connectivity index (χ4n) is 3.44. The molecule has 0 aliphatic carbocycles. The second-order valence-corrected chi connectivity index (χ2v) is 8.64. The predicted molar refractivity (Wildman–Crippen MR) is 80.2 cm³/mol. The second-order valence-electron chi connectivity index (χ2n) is 6.48. The van der Waals surface area contributed by atoms with Gasteiger partial charge in [-0.15, -0.1) is 0 Å². The number of hydrogen-bond donors (Lipinski definition) is 0. The van der Waals surface area contributed by atoms with Gasteiger partial charge in [0.25, 0.3) is 5.91 Å². The van der Waals surface area contributed by atoms with E-state index in [0.717, 1.165) is 6.54 Å². The highest BCUT2D eigenvalue weighted by Crippen LogP contribution is 2.28. The lowest BCUT2D eigenvalue weighted by Crippen LogP contribution is -2.61. The first-order valence-electron chi connectivity index (χ1n) is 7.53. The van der Waals surface area contributed by atoms with Crippen molar-refractivity contribution < 1.29 is 17.7 Å². The predicted octanol–water partition coefficient (Wildman–Crippen LogP) is 0.254. The number of carbonyl (C=O) groups is 1. The Morgan fingerprint density at radius 1 is 1.36 bits per heavy atom. The summed E-state index contributed by atoms with van der Waals surface area (Å²) in [5.41, 5.74) is 0.236. The molecule has 8 heteroatoms. The van der Waals surface area contributed by atoms with Gasteiger partial charge < -0.3 is 9.42 Å². The molecule has 0 N–H and O–H groups in total. The minimum atomic E-state index is -3.11. The zero-order chi connectivity index (χ0) is 15.9. The summed E-state index contributed by atoms with van der Waals surface area (Å²) in [6.07, 6.45) is 1.35. The third kappa shape index (κ3) is 2.89. The number of rotatable bonds is 3. The topological polar surface area (TPSA) is 83.7 Å². The summed E-state index contributed by atoms with van der Waals surface area (Å²) < 4.78 is 28.9. The van der Waals surface area contributed by atoms with E-state index in [9.17, 15) is 13.2 Å². The van der Waals surface area contributed by atoms with Crippen LogP contribution in [-0.4, -0.2) is 72.5 Å². The largest absolute Gasteiger partial charge is 0.364 e. The van der Waals surface area contributed by atoms with Gasteiger partial charge in [0.05, 0.1) is 17.5 Å². The van der Waals surface area contributed by atoms with Gasteiger partial charge in [-0.2, -0.15) is 0 Å². The van der Waals surface area contributed by atoms with E-state index in [1.54, 1.807) is 4.90 Å². The molecule has 1 amide bonds. The Balaban J connectivity index is 1.85. The molecule has 1 aromatic heterocycles. The summed E-state index contributed by atoms with van der Waals surface area (Å²) >= 11 is 0. The van der Waals surface area contributed by atoms with Crippen LogP contribution in [0.5, 0.6) is 0 Å². The Labute approximate surface area is 130 Å². The van der Waals surface area contributed by atoms with Crippen molar-refractivity contribution in [3.63, 3.8) is 0 Å². The van der Waals surface area contributed by atoms with Gasteiger partial charge in [-0.05, 0) is 5.92 Å². The second kappa shape index (κ2) is 5.66. The first-order valence-corrected chi connectivity index (χ1v) is 9.35. The van der Waals surface area contributed by atoms with E-state index in [2.05, 4.69) is 23.9 Å². The molecule has 2 saturated heterocycles. The van der Waals surface area contributed by atoms with E-state index in [0.29, 0.717) is 19.0 Å². The smallest absolute Gasteiger partial charge is 0.276 e. The summed E-state index contributed by atoms with van der Waals surface area (Å²) in [6.45, 7) is 6.30. The lowest BCUT2D eigenvalue weighted by Gasteiger charge is -2.44. The average Bonchev–Trinajstić information content (AvgIpc) is 3.04. The normalized spacial score (nSPS) is 28.0. The van der Waals surface area contributed by atoms with Crippen molar-refractivity contribution in [2.24, 2.45) is 5.92 Å². The van der Waals surface area contributed by atoms with Crippen LogP contribution < -0.4 is 0 Å². The van der Waals surface area contributed by atoms with E-state index in [-0.39, 0.29) is 35.2 Å². The summed E-state index contributed by atoms with van der Waals surface area (Å²) in [7, 11) is -3.11. The highest BCUT2D eigenvalue weighted by atomic mass is 32.2. The van der Waals surface area contributed by atoms with Gasteiger partial charge >= 0.3 is 0 Å². The molecule has 3 rings (SSSR count). The van der Waals surface area contributed by atoms with Crippen molar-refractivity contribution in [3.05, 3.63) is 18.0 Å². The molecule has 7 nitrogen and oxygen atoms in total. The van der Waals surface area contributed by atoms with Crippen LogP contribution in [0.3, 0.4) is 0 Å². The van der Waals surface area contributed by atoms with Crippen LogP contribution in [0.2, 0.25) is 0 Å². The fourth-order valence-corrected chi connectivity index (χ4v) is 5.45. The van der Waals surface area contributed by atoms with Crippen LogP contribution in [0.25, 0.3) is 0 Å². The molecule has 3 heterocycles. The molecule has 0 aromatic carbocycles. The Morgan fingerprint density at radius 3 is 2.73 bits per heavy atom. The summed E-state index contributed by atoms with van der Waals surface area (Å²) in [5.74, 6) is 0.384. The average molecular weight is 327 g/mol. The number of hydrogen-bond acceptors (Lipinski definition) is 6. The Kier molecular flexibility index (Phi) is 3.98. The Bertz CT molecular complexity index is 641. The molecule has 2 aliphatic rings. The van der Waals surface area contributed by atoms with Gasteiger partial charge in [0.15, 0.2) is 15.5 Å². The quantitative estimate of drug-likeness (QED) is 0.791. The molecule has 2 aliphatic heterocycles. The Morgan fingerprint density at radius 2 is 2.09 bits per heavy atom. The Hall–Kier alpha value is -1.41. The fraction of sp³-hybridized carbons (Fsp3) is 0.714. The maximum atomic E-state index is 12.5. The van der Waals surface area contributed by atoms with Crippen molar-refractivity contribution in [3.8, 4) is 0 Å². The van der Waals surface area contributed by atoms with Crippen LogP contribution in [0.1, 0.15) is 24.3 Å². The molecule has 0 saturated carbocycles. The monoisotopic (exact) mass is 327 g/mol. The van der Waals surface area contributed by atoms with E-state index in [4.69, 9.17) is 4.52 Å². The molecule has 22 heavy (non-hydrogen) atoms. The molecule has 0 spiro atoms. The van der Waals surface area contributed by atoms with Gasteiger partial charge in [-0.1, -0.05) is 19.0 Å². The van der Waals surface area contributed by atoms with Crippen molar-refractivity contribution in [2.75, 3.05) is 31.1 Å².